The van der Waals surface area contributed by atoms with Crippen molar-refractivity contribution in [2.75, 3.05) is 0 Å². The van der Waals surface area contributed by atoms with Gasteiger partial charge in [-0.3, -0.25) is 9.59 Å². The van der Waals surface area contributed by atoms with Crippen LogP contribution in [-0.4, -0.2) is 28.5 Å². The van der Waals surface area contributed by atoms with Gasteiger partial charge in [-0.25, -0.2) is 0 Å². The Morgan fingerprint density at radius 3 is 2.25 bits per heavy atom. The summed E-state index contributed by atoms with van der Waals surface area (Å²) in [6.07, 6.45) is 1.86. The van der Waals surface area contributed by atoms with Crippen molar-refractivity contribution >= 4 is 27.7 Å². The molecule has 2 amide bonds. The SMILES string of the molecule is CC(C)NC(=O)C(C)NC(=O)c1cc(Br)cn1C(C)C. The number of carbonyl (C=O) groups excluding carboxylic acids is 2. The lowest BCUT2D eigenvalue weighted by Gasteiger charge is -2.17. The molecule has 0 aromatic carbocycles. The fourth-order valence-electron chi connectivity index (χ4n) is 1.80. The molecule has 1 rings (SSSR count). The Hall–Kier alpha value is -1.30. The van der Waals surface area contributed by atoms with Crippen molar-refractivity contribution in [2.45, 2.75) is 52.7 Å². The Morgan fingerprint density at radius 1 is 1.15 bits per heavy atom. The highest BCUT2D eigenvalue weighted by Gasteiger charge is 2.20. The van der Waals surface area contributed by atoms with Crippen LogP contribution in [0, 0.1) is 0 Å². The summed E-state index contributed by atoms with van der Waals surface area (Å²) >= 11 is 3.37. The van der Waals surface area contributed by atoms with Crippen molar-refractivity contribution in [3.8, 4) is 0 Å². The second kappa shape index (κ2) is 6.92. The van der Waals surface area contributed by atoms with Crippen LogP contribution in [0.1, 0.15) is 51.1 Å². The largest absolute Gasteiger partial charge is 0.352 e. The van der Waals surface area contributed by atoms with Gasteiger partial charge in [-0.1, -0.05) is 0 Å². The van der Waals surface area contributed by atoms with Crippen LogP contribution in [-0.2, 0) is 4.79 Å². The fourth-order valence-corrected chi connectivity index (χ4v) is 2.24. The quantitative estimate of drug-likeness (QED) is 0.862. The molecule has 0 fully saturated rings. The van der Waals surface area contributed by atoms with E-state index in [0.717, 1.165) is 4.47 Å². The van der Waals surface area contributed by atoms with E-state index in [2.05, 4.69) is 26.6 Å². The van der Waals surface area contributed by atoms with Gasteiger partial charge in [0.25, 0.3) is 5.91 Å². The molecule has 0 radical (unpaired) electrons. The molecule has 0 aliphatic rings. The molecular formula is C14H22BrN3O2. The standard InChI is InChI=1S/C14H22BrN3O2/c1-8(2)16-13(19)10(5)17-14(20)12-6-11(15)7-18(12)9(3)4/h6-10H,1-5H3,(H,16,19)(H,17,20). The van der Waals surface area contributed by atoms with Crippen LogP contribution in [0.25, 0.3) is 0 Å². The Balaban J connectivity index is 2.79. The molecule has 0 aliphatic carbocycles. The van der Waals surface area contributed by atoms with Crippen molar-refractivity contribution < 1.29 is 9.59 Å². The van der Waals surface area contributed by atoms with Crippen LogP contribution >= 0.6 is 15.9 Å². The first kappa shape index (κ1) is 16.8. The summed E-state index contributed by atoms with van der Waals surface area (Å²) in [5, 5.41) is 5.49. The molecular weight excluding hydrogens is 322 g/mol. The summed E-state index contributed by atoms with van der Waals surface area (Å²) < 4.78 is 2.71. The maximum atomic E-state index is 12.3. The number of hydrogen-bond donors (Lipinski definition) is 2. The molecule has 1 unspecified atom stereocenters. The van der Waals surface area contributed by atoms with Crippen molar-refractivity contribution in [3.05, 3.63) is 22.4 Å². The molecule has 112 valence electrons. The van der Waals surface area contributed by atoms with E-state index in [-0.39, 0.29) is 23.9 Å². The van der Waals surface area contributed by atoms with Crippen LogP contribution in [0.3, 0.4) is 0 Å². The summed E-state index contributed by atoms with van der Waals surface area (Å²) in [7, 11) is 0. The van der Waals surface area contributed by atoms with Gasteiger partial charge >= 0.3 is 0 Å². The van der Waals surface area contributed by atoms with Gasteiger partial charge in [0.15, 0.2) is 0 Å². The van der Waals surface area contributed by atoms with Crippen LogP contribution in [0.4, 0.5) is 0 Å². The van der Waals surface area contributed by atoms with Crippen LogP contribution in [0.2, 0.25) is 0 Å². The Bertz CT molecular complexity index is 495. The minimum Gasteiger partial charge on any atom is -0.352 e. The van der Waals surface area contributed by atoms with E-state index in [1.54, 1.807) is 13.0 Å². The average molecular weight is 344 g/mol. The molecule has 0 bridgehead atoms. The van der Waals surface area contributed by atoms with E-state index in [1.165, 1.54) is 0 Å². The minimum absolute atomic E-state index is 0.0514. The predicted octanol–water partition coefficient (Wildman–Crippen LogP) is 2.47. The maximum absolute atomic E-state index is 12.3. The van der Waals surface area contributed by atoms with Gasteiger partial charge in [0.1, 0.15) is 11.7 Å². The molecule has 0 spiro atoms. The number of aromatic nitrogens is 1. The van der Waals surface area contributed by atoms with E-state index in [0.29, 0.717) is 5.69 Å². The van der Waals surface area contributed by atoms with E-state index in [1.807, 2.05) is 38.5 Å². The Kier molecular flexibility index (Phi) is 5.80. The number of hydrogen-bond acceptors (Lipinski definition) is 2. The predicted molar refractivity (Wildman–Crippen MR) is 82.7 cm³/mol. The zero-order valence-electron chi connectivity index (χ0n) is 12.5. The molecule has 6 heteroatoms. The molecule has 0 aliphatic heterocycles. The second-order valence-electron chi connectivity index (χ2n) is 5.40. The third kappa shape index (κ3) is 4.37. The van der Waals surface area contributed by atoms with Gasteiger partial charge in [0.2, 0.25) is 5.91 Å². The number of halogens is 1. The summed E-state index contributed by atoms with van der Waals surface area (Å²) in [5.74, 6) is -0.439. The summed E-state index contributed by atoms with van der Waals surface area (Å²) in [4.78, 5) is 24.1. The first-order valence-electron chi connectivity index (χ1n) is 6.71. The van der Waals surface area contributed by atoms with Gasteiger partial charge < -0.3 is 15.2 Å². The highest BCUT2D eigenvalue weighted by Crippen LogP contribution is 2.19. The van der Waals surface area contributed by atoms with Crippen molar-refractivity contribution in [1.82, 2.24) is 15.2 Å². The molecule has 2 N–H and O–H groups in total. The highest BCUT2D eigenvalue weighted by molar-refractivity contribution is 9.10. The number of nitrogens with zero attached hydrogens (tertiary/aromatic N) is 1. The van der Waals surface area contributed by atoms with Crippen LogP contribution < -0.4 is 10.6 Å². The number of carbonyl (C=O) groups is 2. The first-order valence-corrected chi connectivity index (χ1v) is 7.50. The van der Waals surface area contributed by atoms with E-state index in [4.69, 9.17) is 0 Å². The molecule has 1 atom stereocenters. The number of rotatable bonds is 5. The molecule has 1 aromatic rings. The van der Waals surface area contributed by atoms with Crippen molar-refractivity contribution in [2.24, 2.45) is 0 Å². The first-order chi connectivity index (χ1) is 9.22. The number of amides is 2. The fraction of sp³-hybridized carbons (Fsp3) is 0.571. The minimum atomic E-state index is -0.570. The monoisotopic (exact) mass is 343 g/mol. The zero-order chi connectivity index (χ0) is 15.4. The lowest BCUT2D eigenvalue weighted by atomic mass is 10.2. The third-order valence-electron chi connectivity index (χ3n) is 2.78. The Labute approximate surface area is 128 Å². The van der Waals surface area contributed by atoms with E-state index < -0.39 is 6.04 Å². The van der Waals surface area contributed by atoms with Gasteiger partial charge in [0, 0.05) is 22.8 Å². The maximum Gasteiger partial charge on any atom is 0.268 e. The van der Waals surface area contributed by atoms with E-state index in [9.17, 15) is 9.59 Å². The van der Waals surface area contributed by atoms with Gasteiger partial charge in [-0.2, -0.15) is 0 Å². The number of nitrogens with one attached hydrogen (secondary N) is 2. The second-order valence-corrected chi connectivity index (χ2v) is 6.32. The molecule has 1 heterocycles. The topological polar surface area (TPSA) is 63.1 Å². The van der Waals surface area contributed by atoms with Gasteiger partial charge in [-0.15, -0.1) is 0 Å². The Morgan fingerprint density at radius 2 is 1.75 bits per heavy atom. The van der Waals surface area contributed by atoms with Crippen molar-refractivity contribution in [3.63, 3.8) is 0 Å². The molecule has 0 saturated carbocycles. The smallest absolute Gasteiger partial charge is 0.268 e. The van der Waals surface area contributed by atoms with Crippen LogP contribution in [0.15, 0.2) is 16.7 Å². The molecule has 1 aromatic heterocycles. The molecule has 5 nitrogen and oxygen atoms in total. The summed E-state index contributed by atoms with van der Waals surface area (Å²) in [5.41, 5.74) is 0.538. The lowest BCUT2D eigenvalue weighted by Crippen LogP contribution is -2.47. The van der Waals surface area contributed by atoms with Gasteiger partial charge in [0.05, 0.1) is 0 Å². The van der Waals surface area contributed by atoms with Gasteiger partial charge in [-0.05, 0) is 56.6 Å². The normalized spacial score (nSPS) is 12.6. The third-order valence-corrected chi connectivity index (χ3v) is 3.21. The molecule has 20 heavy (non-hydrogen) atoms. The zero-order valence-corrected chi connectivity index (χ0v) is 14.1. The molecule has 0 saturated heterocycles. The van der Waals surface area contributed by atoms with E-state index >= 15 is 0 Å². The lowest BCUT2D eigenvalue weighted by molar-refractivity contribution is -0.123. The van der Waals surface area contributed by atoms with Crippen LogP contribution in [0.5, 0.6) is 0 Å². The summed E-state index contributed by atoms with van der Waals surface area (Å²) in [6, 6.07) is 1.40. The summed E-state index contributed by atoms with van der Waals surface area (Å²) in [6.45, 7) is 9.44. The highest BCUT2D eigenvalue weighted by atomic mass is 79.9. The van der Waals surface area contributed by atoms with Crippen molar-refractivity contribution in [1.29, 1.82) is 0 Å². The average Bonchev–Trinajstić information content (AvgIpc) is 2.70.